The molecular weight excluding hydrogens is 258 g/mol. The molecule has 1 aliphatic rings. The molecule has 1 unspecified atom stereocenters. The van der Waals surface area contributed by atoms with Crippen LogP contribution in [0, 0.1) is 6.92 Å². The molecule has 2 aromatic rings. The summed E-state index contributed by atoms with van der Waals surface area (Å²) >= 11 is 6.13. The zero-order valence-corrected chi connectivity index (χ0v) is 11.8. The lowest BCUT2D eigenvalue weighted by molar-refractivity contribution is 0.451. The Morgan fingerprint density at radius 1 is 1.42 bits per heavy atom. The van der Waals surface area contributed by atoms with E-state index in [4.69, 9.17) is 11.6 Å². The van der Waals surface area contributed by atoms with Crippen molar-refractivity contribution in [3.63, 3.8) is 0 Å². The highest BCUT2D eigenvalue weighted by molar-refractivity contribution is 6.30. The highest BCUT2D eigenvalue weighted by atomic mass is 35.5. The smallest absolute Gasteiger partial charge is 0.0994 e. The van der Waals surface area contributed by atoms with E-state index in [1.165, 1.54) is 24.1 Å². The van der Waals surface area contributed by atoms with Crippen molar-refractivity contribution >= 4 is 11.6 Å². The van der Waals surface area contributed by atoms with Gasteiger partial charge < -0.3 is 9.88 Å². The van der Waals surface area contributed by atoms with Gasteiger partial charge in [0.25, 0.3) is 0 Å². The lowest BCUT2D eigenvalue weighted by atomic mass is 9.96. The fraction of sp³-hybridized carbons (Fsp3) is 0.400. The molecule has 1 saturated heterocycles. The molecule has 0 saturated carbocycles. The largest absolute Gasteiger partial charge is 0.316 e. The monoisotopic (exact) mass is 275 g/mol. The number of nitrogens with one attached hydrogen (secondary N) is 1. The Balaban J connectivity index is 2.01. The summed E-state index contributed by atoms with van der Waals surface area (Å²) in [6.07, 6.45) is 6.32. The van der Waals surface area contributed by atoms with E-state index < -0.39 is 0 Å². The van der Waals surface area contributed by atoms with Crippen LogP contribution in [0.25, 0.3) is 5.69 Å². The van der Waals surface area contributed by atoms with E-state index in [-0.39, 0.29) is 0 Å². The summed E-state index contributed by atoms with van der Waals surface area (Å²) in [6, 6.07) is 6.00. The van der Waals surface area contributed by atoms with Gasteiger partial charge in [-0.05, 0) is 44.0 Å². The fourth-order valence-electron chi connectivity index (χ4n) is 2.75. The van der Waals surface area contributed by atoms with Gasteiger partial charge in [0, 0.05) is 29.4 Å². The molecule has 0 bridgehead atoms. The van der Waals surface area contributed by atoms with Crippen LogP contribution in [-0.4, -0.2) is 22.6 Å². The molecule has 2 heterocycles. The Morgan fingerprint density at radius 3 is 3.11 bits per heavy atom. The number of nitrogens with zero attached hydrogens (tertiary/aromatic N) is 2. The van der Waals surface area contributed by atoms with Gasteiger partial charge in [-0.2, -0.15) is 0 Å². The van der Waals surface area contributed by atoms with Crippen molar-refractivity contribution in [3.05, 3.63) is 47.0 Å². The quantitative estimate of drug-likeness (QED) is 0.911. The van der Waals surface area contributed by atoms with Crippen LogP contribution in [0.2, 0.25) is 5.02 Å². The molecule has 0 amide bonds. The van der Waals surface area contributed by atoms with Crippen molar-refractivity contribution < 1.29 is 0 Å². The maximum Gasteiger partial charge on any atom is 0.0994 e. The lowest BCUT2D eigenvalue weighted by Gasteiger charge is -2.24. The minimum absolute atomic E-state index is 0.537. The second-order valence-corrected chi connectivity index (χ2v) is 5.60. The SMILES string of the molecule is Cc1ccc(Cl)cc1-n1cncc1C1CCCNC1. The van der Waals surface area contributed by atoms with Crippen LogP contribution in [0.15, 0.2) is 30.7 Å². The number of aryl methyl sites for hydroxylation is 1. The molecule has 0 spiro atoms. The van der Waals surface area contributed by atoms with Crippen molar-refractivity contribution in [1.29, 1.82) is 0 Å². The molecule has 1 fully saturated rings. The van der Waals surface area contributed by atoms with E-state index in [0.29, 0.717) is 5.92 Å². The van der Waals surface area contributed by atoms with Crippen molar-refractivity contribution in [1.82, 2.24) is 14.9 Å². The number of piperidine rings is 1. The van der Waals surface area contributed by atoms with Crippen LogP contribution in [0.3, 0.4) is 0 Å². The molecule has 19 heavy (non-hydrogen) atoms. The first-order valence-electron chi connectivity index (χ1n) is 6.75. The van der Waals surface area contributed by atoms with E-state index in [1.54, 1.807) is 0 Å². The van der Waals surface area contributed by atoms with Gasteiger partial charge in [-0.15, -0.1) is 0 Å². The molecule has 3 nitrogen and oxygen atoms in total. The first-order valence-corrected chi connectivity index (χ1v) is 7.13. The molecule has 0 radical (unpaired) electrons. The van der Waals surface area contributed by atoms with Crippen LogP contribution in [0.5, 0.6) is 0 Å². The molecule has 1 aromatic carbocycles. The summed E-state index contributed by atoms with van der Waals surface area (Å²) in [7, 11) is 0. The number of hydrogen-bond donors (Lipinski definition) is 1. The fourth-order valence-corrected chi connectivity index (χ4v) is 2.92. The Labute approximate surface area is 118 Å². The molecule has 1 aliphatic heterocycles. The van der Waals surface area contributed by atoms with Crippen LogP contribution >= 0.6 is 11.6 Å². The van der Waals surface area contributed by atoms with E-state index in [1.807, 2.05) is 24.7 Å². The minimum Gasteiger partial charge on any atom is -0.316 e. The molecule has 1 N–H and O–H groups in total. The third-order valence-electron chi connectivity index (χ3n) is 3.81. The Kier molecular flexibility index (Phi) is 3.58. The van der Waals surface area contributed by atoms with Crippen LogP contribution < -0.4 is 5.32 Å². The maximum atomic E-state index is 6.13. The van der Waals surface area contributed by atoms with Crippen molar-refractivity contribution in [2.45, 2.75) is 25.7 Å². The highest BCUT2D eigenvalue weighted by Gasteiger charge is 2.19. The zero-order chi connectivity index (χ0) is 13.2. The van der Waals surface area contributed by atoms with Crippen LogP contribution in [0.4, 0.5) is 0 Å². The number of imidazole rings is 1. The normalized spacial score (nSPS) is 19.6. The van der Waals surface area contributed by atoms with Crippen molar-refractivity contribution in [2.75, 3.05) is 13.1 Å². The van der Waals surface area contributed by atoms with Gasteiger partial charge >= 0.3 is 0 Å². The third kappa shape index (κ3) is 2.53. The van der Waals surface area contributed by atoms with E-state index in [0.717, 1.165) is 23.8 Å². The molecule has 1 aromatic heterocycles. The molecule has 0 aliphatic carbocycles. The molecule has 3 rings (SSSR count). The van der Waals surface area contributed by atoms with Crippen LogP contribution in [-0.2, 0) is 0 Å². The number of hydrogen-bond acceptors (Lipinski definition) is 2. The van der Waals surface area contributed by atoms with E-state index in [9.17, 15) is 0 Å². The number of aromatic nitrogens is 2. The number of halogens is 1. The van der Waals surface area contributed by atoms with Gasteiger partial charge in [-0.3, -0.25) is 0 Å². The van der Waals surface area contributed by atoms with Crippen LogP contribution in [0.1, 0.15) is 30.0 Å². The lowest BCUT2D eigenvalue weighted by Crippen LogP contribution is -2.29. The first-order chi connectivity index (χ1) is 9.25. The maximum absolute atomic E-state index is 6.13. The van der Waals surface area contributed by atoms with Gasteiger partial charge in [0.15, 0.2) is 0 Å². The van der Waals surface area contributed by atoms with E-state index in [2.05, 4.69) is 27.9 Å². The second-order valence-electron chi connectivity index (χ2n) is 5.16. The Morgan fingerprint density at radius 2 is 2.32 bits per heavy atom. The summed E-state index contributed by atoms with van der Waals surface area (Å²) in [4.78, 5) is 4.34. The van der Waals surface area contributed by atoms with Crippen molar-refractivity contribution in [2.24, 2.45) is 0 Å². The predicted molar refractivity (Wildman–Crippen MR) is 78.2 cm³/mol. The average molecular weight is 276 g/mol. The predicted octanol–water partition coefficient (Wildman–Crippen LogP) is 3.30. The topological polar surface area (TPSA) is 29.9 Å². The second kappa shape index (κ2) is 5.35. The summed E-state index contributed by atoms with van der Waals surface area (Å²) in [5.74, 6) is 0.537. The summed E-state index contributed by atoms with van der Waals surface area (Å²) in [5, 5.41) is 4.23. The van der Waals surface area contributed by atoms with Gasteiger partial charge in [0.2, 0.25) is 0 Å². The standard InChI is InChI=1S/C15H18ClN3/c1-11-4-5-13(16)7-14(11)19-10-18-9-15(19)12-3-2-6-17-8-12/h4-5,7,9-10,12,17H,2-3,6,8H2,1H3. The van der Waals surface area contributed by atoms with E-state index >= 15 is 0 Å². The van der Waals surface area contributed by atoms with Gasteiger partial charge in [-0.1, -0.05) is 17.7 Å². The Hall–Kier alpha value is -1.32. The number of rotatable bonds is 2. The number of benzene rings is 1. The van der Waals surface area contributed by atoms with Gasteiger partial charge in [-0.25, -0.2) is 4.98 Å². The average Bonchev–Trinajstić information content (AvgIpc) is 2.91. The van der Waals surface area contributed by atoms with Gasteiger partial charge in [0.05, 0.1) is 12.0 Å². The molecule has 1 atom stereocenters. The summed E-state index contributed by atoms with van der Waals surface area (Å²) < 4.78 is 2.18. The molecule has 4 heteroatoms. The van der Waals surface area contributed by atoms with Gasteiger partial charge in [0.1, 0.15) is 0 Å². The zero-order valence-electron chi connectivity index (χ0n) is 11.1. The van der Waals surface area contributed by atoms with Crippen molar-refractivity contribution in [3.8, 4) is 5.69 Å². The minimum atomic E-state index is 0.537. The highest BCUT2D eigenvalue weighted by Crippen LogP contribution is 2.27. The summed E-state index contributed by atoms with van der Waals surface area (Å²) in [5.41, 5.74) is 3.62. The Bertz CT molecular complexity index is 571. The summed E-state index contributed by atoms with van der Waals surface area (Å²) in [6.45, 7) is 4.26. The first kappa shape index (κ1) is 12.7. The third-order valence-corrected chi connectivity index (χ3v) is 4.05. The molecule has 100 valence electrons. The molecular formula is C15H18ClN3.